The number of aromatic nitrogens is 1. The second-order valence-corrected chi connectivity index (χ2v) is 11.3. The molecular weight excluding hydrogens is 464 g/mol. The highest BCUT2D eigenvalue weighted by Gasteiger charge is 2.28. The van der Waals surface area contributed by atoms with Crippen molar-refractivity contribution in [3.63, 3.8) is 0 Å². The number of fused-ring (bicyclic) bond motifs is 1. The molecule has 0 saturated carbocycles. The van der Waals surface area contributed by atoms with Crippen LogP contribution in [-0.2, 0) is 27.7 Å². The Morgan fingerprint density at radius 2 is 1.88 bits per heavy atom. The highest BCUT2D eigenvalue weighted by molar-refractivity contribution is 7.89. The SMILES string of the molecule is CCOC(=O)N1CCc2nc(NC(=O)c3ccc(S(=O)(=O)N4CCC(C)CC4)cc3)sc2C1. The van der Waals surface area contributed by atoms with Crippen molar-refractivity contribution in [1.29, 1.82) is 0 Å². The Kier molecular flexibility index (Phi) is 7.01. The van der Waals surface area contributed by atoms with Crippen molar-refractivity contribution in [1.82, 2.24) is 14.2 Å². The number of ether oxygens (including phenoxy) is 1. The van der Waals surface area contributed by atoms with Crippen LogP contribution in [0.5, 0.6) is 0 Å². The number of sulfonamides is 1. The summed E-state index contributed by atoms with van der Waals surface area (Å²) >= 11 is 1.33. The molecule has 1 fully saturated rings. The van der Waals surface area contributed by atoms with Crippen molar-refractivity contribution >= 4 is 38.5 Å². The average Bonchev–Trinajstić information content (AvgIpc) is 3.21. The minimum absolute atomic E-state index is 0.192. The summed E-state index contributed by atoms with van der Waals surface area (Å²) in [5, 5.41) is 3.24. The number of carbonyl (C=O) groups is 2. The number of rotatable bonds is 5. The molecule has 0 bridgehead atoms. The molecule has 4 rings (SSSR count). The van der Waals surface area contributed by atoms with Crippen LogP contribution in [0.4, 0.5) is 9.93 Å². The number of nitrogens with zero attached hydrogens (tertiary/aromatic N) is 3. The summed E-state index contributed by atoms with van der Waals surface area (Å²) in [5.41, 5.74) is 1.22. The minimum Gasteiger partial charge on any atom is -0.450 e. The van der Waals surface area contributed by atoms with Crippen LogP contribution in [-0.4, -0.2) is 60.8 Å². The summed E-state index contributed by atoms with van der Waals surface area (Å²) in [5.74, 6) is 0.173. The van der Waals surface area contributed by atoms with E-state index in [0.717, 1.165) is 23.4 Å². The van der Waals surface area contributed by atoms with Crippen molar-refractivity contribution in [2.45, 2.75) is 44.6 Å². The van der Waals surface area contributed by atoms with Crippen LogP contribution in [0.1, 0.15) is 47.6 Å². The van der Waals surface area contributed by atoms with Crippen LogP contribution in [0, 0.1) is 5.92 Å². The van der Waals surface area contributed by atoms with Gasteiger partial charge in [0.15, 0.2) is 5.13 Å². The maximum atomic E-state index is 12.9. The van der Waals surface area contributed by atoms with Gasteiger partial charge in [0.05, 0.1) is 23.7 Å². The molecule has 2 aliphatic heterocycles. The van der Waals surface area contributed by atoms with Crippen LogP contribution in [0.25, 0.3) is 0 Å². The van der Waals surface area contributed by atoms with E-state index in [9.17, 15) is 18.0 Å². The number of hydrogen-bond donors (Lipinski definition) is 1. The third-order valence-corrected chi connectivity index (χ3v) is 8.89. The second kappa shape index (κ2) is 9.78. The van der Waals surface area contributed by atoms with Gasteiger partial charge in [-0.3, -0.25) is 10.1 Å². The molecule has 1 aromatic heterocycles. The molecule has 1 aromatic carbocycles. The average molecular weight is 493 g/mol. The van der Waals surface area contributed by atoms with Crippen LogP contribution in [0.3, 0.4) is 0 Å². The molecule has 2 aliphatic rings. The molecule has 0 spiro atoms. The van der Waals surface area contributed by atoms with Gasteiger partial charge in [-0.25, -0.2) is 18.2 Å². The Labute approximate surface area is 197 Å². The Bertz CT molecular complexity index is 1120. The molecule has 0 aliphatic carbocycles. The number of nitrogens with one attached hydrogen (secondary N) is 1. The molecule has 9 nitrogen and oxygen atoms in total. The number of benzene rings is 1. The molecule has 0 radical (unpaired) electrons. The third-order valence-electron chi connectivity index (χ3n) is 5.97. The molecule has 1 N–H and O–H groups in total. The predicted octanol–water partition coefficient (Wildman–Crippen LogP) is 3.33. The first-order valence-electron chi connectivity index (χ1n) is 11.1. The maximum Gasteiger partial charge on any atom is 0.410 e. The largest absolute Gasteiger partial charge is 0.450 e. The van der Waals surface area contributed by atoms with Gasteiger partial charge in [0.1, 0.15) is 0 Å². The minimum atomic E-state index is -3.56. The molecule has 2 amide bonds. The number of anilines is 1. The lowest BCUT2D eigenvalue weighted by Gasteiger charge is -2.29. The van der Waals surface area contributed by atoms with Crippen molar-refractivity contribution in [3.8, 4) is 0 Å². The Morgan fingerprint density at radius 3 is 2.55 bits per heavy atom. The predicted molar refractivity (Wildman–Crippen MR) is 125 cm³/mol. The molecule has 0 unspecified atom stereocenters. The van der Waals surface area contributed by atoms with Crippen molar-refractivity contribution in [3.05, 3.63) is 40.4 Å². The van der Waals surface area contributed by atoms with Crippen LogP contribution < -0.4 is 5.32 Å². The van der Waals surface area contributed by atoms with E-state index in [1.54, 1.807) is 11.8 Å². The molecule has 178 valence electrons. The van der Waals surface area contributed by atoms with Gasteiger partial charge >= 0.3 is 6.09 Å². The molecule has 1 saturated heterocycles. The Morgan fingerprint density at radius 1 is 1.18 bits per heavy atom. The van der Waals surface area contributed by atoms with E-state index in [4.69, 9.17) is 4.74 Å². The first-order valence-corrected chi connectivity index (χ1v) is 13.4. The first-order chi connectivity index (χ1) is 15.8. The number of piperidine rings is 1. The van der Waals surface area contributed by atoms with Crippen LogP contribution >= 0.6 is 11.3 Å². The molecule has 0 atom stereocenters. The maximum absolute atomic E-state index is 12.9. The lowest BCUT2D eigenvalue weighted by molar-refractivity contribution is 0.102. The van der Waals surface area contributed by atoms with Gasteiger partial charge in [0.25, 0.3) is 5.91 Å². The number of carbonyl (C=O) groups excluding carboxylic acids is 2. The number of amides is 2. The van der Waals surface area contributed by atoms with Gasteiger partial charge < -0.3 is 9.64 Å². The summed E-state index contributed by atoms with van der Waals surface area (Å²) in [7, 11) is -3.56. The van der Waals surface area contributed by atoms with Gasteiger partial charge in [0, 0.05) is 36.5 Å². The van der Waals surface area contributed by atoms with E-state index in [0.29, 0.717) is 55.8 Å². The zero-order valence-corrected chi connectivity index (χ0v) is 20.4. The fraction of sp³-hybridized carbons (Fsp3) is 0.500. The van der Waals surface area contributed by atoms with Crippen LogP contribution in [0.2, 0.25) is 0 Å². The monoisotopic (exact) mass is 492 g/mol. The smallest absolute Gasteiger partial charge is 0.410 e. The number of hydrogen-bond acceptors (Lipinski definition) is 7. The fourth-order valence-corrected chi connectivity index (χ4v) is 6.43. The summed E-state index contributed by atoms with van der Waals surface area (Å²) in [6, 6.07) is 5.99. The fourth-order valence-electron chi connectivity index (χ4n) is 3.94. The topological polar surface area (TPSA) is 109 Å². The van der Waals surface area contributed by atoms with E-state index < -0.39 is 10.0 Å². The molecule has 11 heteroatoms. The van der Waals surface area contributed by atoms with Crippen molar-refractivity contribution in [2.24, 2.45) is 5.92 Å². The van der Waals surface area contributed by atoms with Crippen molar-refractivity contribution in [2.75, 3.05) is 31.6 Å². The van der Waals surface area contributed by atoms with E-state index in [1.807, 2.05) is 0 Å². The molecule has 33 heavy (non-hydrogen) atoms. The first kappa shape index (κ1) is 23.7. The summed E-state index contributed by atoms with van der Waals surface area (Å²) in [6.45, 7) is 6.19. The van der Waals surface area contributed by atoms with E-state index in [1.165, 1.54) is 39.9 Å². The Hall–Kier alpha value is -2.50. The zero-order chi connectivity index (χ0) is 23.6. The van der Waals surface area contributed by atoms with E-state index in [-0.39, 0.29) is 16.9 Å². The highest BCUT2D eigenvalue weighted by atomic mass is 32.2. The summed E-state index contributed by atoms with van der Waals surface area (Å²) in [6.07, 6.45) is 1.96. The standard InChI is InChI=1S/C22H28N4O5S2/c1-3-31-22(28)25-11-10-18-19(14-25)32-21(23-18)24-20(27)16-4-6-17(7-5-16)33(29,30)26-12-8-15(2)9-13-26/h4-7,15H,3,8-14H2,1-2H3,(H,23,24,27). The van der Waals surface area contributed by atoms with E-state index in [2.05, 4.69) is 17.2 Å². The molecular formula is C22H28N4O5S2. The van der Waals surface area contributed by atoms with Crippen LogP contribution in [0.15, 0.2) is 29.2 Å². The lowest BCUT2D eigenvalue weighted by Crippen LogP contribution is -2.37. The molecule has 2 aromatic rings. The van der Waals surface area contributed by atoms with Gasteiger partial charge in [-0.1, -0.05) is 18.3 Å². The van der Waals surface area contributed by atoms with Crippen molar-refractivity contribution < 1.29 is 22.7 Å². The highest BCUT2D eigenvalue weighted by Crippen LogP contribution is 2.29. The number of thiazole rings is 1. The Balaban J connectivity index is 1.40. The summed E-state index contributed by atoms with van der Waals surface area (Å²) < 4.78 is 32.3. The quantitative estimate of drug-likeness (QED) is 0.686. The van der Waals surface area contributed by atoms with Gasteiger partial charge in [0.2, 0.25) is 10.0 Å². The van der Waals surface area contributed by atoms with Gasteiger partial charge in [-0.2, -0.15) is 4.31 Å². The third kappa shape index (κ3) is 5.20. The second-order valence-electron chi connectivity index (χ2n) is 8.32. The van der Waals surface area contributed by atoms with Gasteiger partial charge in [-0.15, -0.1) is 0 Å². The van der Waals surface area contributed by atoms with Gasteiger partial charge in [-0.05, 0) is 49.9 Å². The molecule has 3 heterocycles. The lowest BCUT2D eigenvalue weighted by atomic mass is 10.0. The summed E-state index contributed by atoms with van der Waals surface area (Å²) in [4.78, 5) is 31.9. The van der Waals surface area contributed by atoms with E-state index >= 15 is 0 Å². The normalized spacial score (nSPS) is 17.5. The zero-order valence-electron chi connectivity index (χ0n) is 18.7.